The maximum absolute atomic E-state index is 12.3. The van der Waals surface area contributed by atoms with Crippen LogP contribution < -0.4 is 10.4 Å². The Morgan fingerprint density at radius 3 is 2.48 bits per heavy atom. The van der Waals surface area contributed by atoms with Crippen LogP contribution in [-0.2, 0) is 4.79 Å². The zero-order valence-electron chi connectivity index (χ0n) is 12.4. The molecule has 0 aromatic heterocycles. The molecule has 3 rings (SSSR count). The number of carbonyl (C=O) groups excluding carboxylic acids is 1. The molecule has 1 aliphatic rings. The second kappa shape index (κ2) is 6.87. The molecule has 0 bridgehead atoms. The summed E-state index contributed by atoms with van der Waals surface area (Å²) >= 11 is 18.1. The van der Waals surface area contributed by atoms with Crippen molar-refractivity contribution in [3.63, 3.8) is 0 Å². The molecule has 2 aromatic carbocycles. The molecule has 1 amide bonds. The van der Waals surface area contributed by atoms with Gasteiger partial charge in [-0.1, -0.05) is 40.9 Å². The maximum atomic E-state index is 12.3. The fourth-order valence-electron chi connectivity index (χ4n) is 2.28. The number of benzene rings is 2. The number of amides is 1. The second-order valence-corrected chi connectivity index (χ2v) is 6.32. The molecule has 7 nitrogen and oxygen atoms in total. The van der Waals surface area contributed by atoms with Crippen LogP contribution in [0.3, 0.4) is 0 Å². The number of hydrogen-bond acceptors (Lipinski definition) is 4. The summed E-state index contributed by atoms with van der Waals surface area (Å²) in [6.45, 7) is 0. The highest BCUT2D eigenvalue weighted by molar-refractivity contribution is 6.42. The average molecular weight is 400 g/mol. The first-order valence-corrected chi connectivity index (χ1v) is 8.04. The van der Waals surface area contributed by atoms with Crippen LogP contribution in [0, 0.1) is 10.1 Å². The number of hydrogen-bond donors (Lipinski definition) is 1. The highest BCUT2D eigenvalue weighted by atomic mass is 35.5. The van der Waals surface area contributed by atoms with Gasteiger partial charge in [0, 0.05) is 17.2 Å². The highest BCUT2D eigenvalue weighted by Gasteiger charge is 2.30. The van der Waals surface area contributed by atoms with Gasteiger partial charge in [-0.25, -0.2) is 10.0 Å². The monoisotopic (exact) mass is 398 g/mol. The van der Waals surface area contributed by atoms with Gasteiger partial charge in [0.25, 0.3) is 11.6 Å². The summed E-state index contributed by atoms with van der Waals surface area (Å²) < 4.78 is 0. The Kier molecular flexibility index (Phi) is 4.80. The molecule has 0 aliphatic carbocycles. The van der Waals surface area contributed by atoms with Crippen molar-refractivity contribution in [2.75, 3.05) is 5.01 Å². The standard InChI is InChI=1S/C15H9Cl3N4O3/c16-8-4-11(17)15(12(18)5-8)21-14(23)7-13(20-21)19-9-2-1-3-10(6-9)22(24)25/h1-6H,7H2,(H,19,20). The van der Waals surface area contributed by atoms with Crippen molar-refractivity contribution in [3.05, 3.63) is 61.6 Å². The molecule has 1 heterocycles. The lowest BCUT2D eigenvalue weighted by atomic mass is 10.3. The Balaban J connectivity index is 1.91. The summed E-state index contributed by atoms with van der Waals surface area (Å²) in [4.78, 5) is 26.8. The number of non-ortho nitro benzene ring substituents is 1. The first-order chi connectivity index (χ1) is 11.8. The van der Waals surface area contributed by atoms with E-state index in [-0.39, 0.29) is 33.7 Å². The van der Waals surface area contributed by atoms with Crippen LogP contribution in [0.1, 0.15) is 6.42 Å². The first kappa shape index (κ1) is 17.5. The summed E-state index contributed by atoms with van der Waals surface area (Å²) in [6.07, 6.45) is -0.0298. The lowest BCUT2D eigenvalue weighted by Crippen LogP contribution is -2.36. The van der Waals surface area contributed by atoms with Crippen LogP contribution in [0.4, 0.5) is 17.1 Å². The van der Waals surface area contributed by atoms with Crippen molar-refractivity contribution in [2.24, 2.45) is 4.99 Å². The lowest BCUT2D eigenvalue weighted by Gasteiger charge is -2.19. The van der Waals surface area contributed by atoms with E-state index in [1.807, 2.05) is 0 Å². The van der Waals surface area contributed by atoms with Gasteiger partial charge in [0.1, 0.15) is 11.5 Å². The maximum Gasteiger partial charge on any atom is 0.271 e. The fourth-order valence-corrected chi connectivity index (χ4v) is 3.26. The van der Waals surface area contributed by atoms with Crippen LogP contribution in [0.5, 0.6) is 0 Å². The predicted molar refractivity (Wildman–Crippen MR) is 96.9 cm³/mol. The highest BCUT2D eigenvalue weighted by Crippen LogP contribution is 2.37. The third-order valence-corrected chi connectivity index (χ3v) is 4.11. The minimum absolute atomic E-state index is 0.0298. The number of anilines is 1. The Bertz CT molecular complexity index is 894. The van der Waals surface area contributed by atoms with Gasteiger partial charge in [0.15, 0.2) is 0 Å². The Morgan fingerprint density at radius 1 is 1.16 bits per heavy atom. The van der Waals surface area contributed by atoms with Crippen molar-refractivity contribution in [2.45, 2.75) is 6.42 Å². The van der Waals surface area contributed by atoms with E-state index in [1.165, 1.54) is 35.3 Å². The molecule has 1 saturated heterocycles. The number of nitrogens with zero attached hydrogens (tertiary/aromatic N) is 3. The number of nitrogens with one attached hydrogen (secondary N) is 1. The van der Waals surface area contributed by atoms with Crippen LogP contribution in [-0.4, -0.2) is 16.7 Å². The van der Waals surface area contributed by atoms with E-state index in [1.54, 1.807) is 6.07 Å². The van der Waals surface area contributed by atoms with Gasteiger partial charge in [-0.15, -0.1) is 0 Å². The number of halogens is 3. The number of carbonyl (C=O) groups is 1. The van der Waals surface area contributed by atoms with Gasteiger partial charge < -0.3 is 0 Å². The van der Waals surface area contributed by atoms with Crippen molar-refractivity contribution >= 4 is 63.6 Å². The van der Waals surface area contributed by atoms with E-state index in [2.05, 4.69) is 10.4 Å². The van der Waals surface area contributed by atoms with Crippen LogP contribution in [0.15, 0.2) is 41.4 Å². The van der Waals surface area contributed by atoms with Gasteiger partial charge in [-0.3, -0.25) is 20.3 Å². The SMILES string of the molecule is O=C1CC(=Nc2cccc([N+](=O)[O-])c2)NN1c1c(Cl)cc(Cl)cc1Cl. The van der Waals surface area contributed by atoms with Crippen molar-refractivity contribution in [1.82, 2.24) is 5.43 Å². The molecular weight excluding hydrogens is 391 g/mol. The van der Waals surface area contributed by atoms with Crippen molar-refractivity contribution < 1.29 is 9.72 Å². The number of aliphatic imine (C=N–C) groups is 1. The summed E-state index contributed by atoms with van der Waals surface area (Å²) in [5.41, 5.74) is 3.33. The summed E-state index contributed by atoms with van der Waals surface area (Å²) in [5.74, 6) is -0.0112. The molecule has 2 aromatic rings. The number of hydrazine groups is 1. The third kappa shape index (κ3) is 3.68. The molecule has 128 valence electrons. The van der Waals surface area contributed by atoms with E-state index in [0.717, 1.165) is 0 Å². The quantitative estimate of drug-likeness (QED) is 0.607. The summed E-state index contributed by atoms with van der Waals surface area (Å²) in [7, 11) is 0. The summed E-state index contributed by atoms with van der Waals surface area (Å²) in [5, 5.41) is 12.7. The fraction of sp³-hybridized carbons (Fsp3) is 0.0667. The second-order valence-electron chi connectivity index (χ2n) is 5.07. The van der Waals surface area contributed by atoms with E-state index in [9.17, 15) is 14.9 Å². The molecule has 25 heavy (non-hydrogen) atoms. The smallest absolute Gasteiger partial charge is 0.271 e. The van der Waals surface area contributed by atoms with Gasteiger partial charge in [0.05, 0.1) is 27.1 Å². The zero-order valence-corrected chi connectivity index (χ0v) is 14.6. The van der Waals surface area contributed by atoms with Gasteiger partial charge in [-0.05, 0) is 18.2 Å². The third-order valence-electron chi connectivity index (χ3n) is 3.32. The Hall–Kier alpha value is -2.35. The van der Waals surface area contributed by atoms with E-state index in [4.69, 9.17) is 34.8 Å². The number of nitro groups is 1. The molecule has 1 N–H and O–H groups in total. The minimum atomic E-state index is -0.517. The largest absolute Gasteiger partial charge is 0.277 e. The van der Waals surface area contributed by atoms with Crippen molar-refractivity contribution in [1.29, 1.82) is 0 Å². The van der Waals surface area contributed by atoms with Gasteiger partial charge in [-0.2, -0.15) is 0 Å². The molecule has 0 unspecified atom stereocenters. The molecular formula is C15H9Cl3N4O3. The Labute approximate surface area is 156 Å². The molecule has 0 radical (unpaired) electrons. The lowest BCUT2D eigenvalue weighted by molar-refractivity contribution is -0.384. The molecule has 0 spiro atoms. The summed E-state index contributed by atoms with van der Waals surface area (Å²) in [6, 6.07) is 8.71. The predicted octanol–water partition coefficient (Wildman–Crippen LogP) is 4.53. The topological polar surface area (TPSA) is 87.8 Å². The molecule has 1 fully saturated rings. The number of nitro benzene ring substituents is 1. The van der Waals surface area contributed by atoms with Crippen molar-refractivity contribution in [3.8, 4) is 0 Å². The van der Waals surface area contributed by atoms with Gasteiger partial charge in [0.2, 0.25) is 0 Å². The van der Waals surface area contributed by atoms with E-state index < -0.39 is 4.92 Å². The van der Waals surface area contributed by atoms with Crippen LogP contribution >= 0.6 is 34.8 Å². The molecule has 10 heteroatoms. The van der Waals surface area contributed by atoms with E-state index in [0.29, 0.717) is 16.5 Å². The number of rotatable bonds is 3. The first-order valence-electron chi connectivity index (χ1n) is 6.91. The van der Waals surface area contributed by atoms with Crippen LogP contribution in [0.25, 0.3) is 0 Å². The van der Waals surface area contributed by atoms with E-state index >= 15 is 0 Å². The van der Waals surface area contributed by atoms with Crippen LogP contribution in [0.2, 0.25) is 15.1 Å². The zero-order chi connectivity index (χ0) is 18.1. The molecule has 0 atom stereocenters. The molecule has 0 saturated carbocycles. The van der Waals surface area contributed by atoms with Gasteiger partial charge >= 0.3 is 0 Å². The normalized spacial score (nSPS) is 15.6. The number of amidine groups is 1. The Morgan fingerprint density at radius 2 is 1.84 bits per heavy atom. The minimum Gasteiger partial charge on any atom is -0.277 e. The average Bonchev–Trinajstić information content (AvgIpc) is 2.87. The molecule has 1 aliphatic heterocycles.